The summed E-state index contributed by atoms with van der Waals surface area (Å²) >= 11 is 0. The average molecular weight is 222 g/mol. The maximum atomic E-state index is 10.1. The second-order valence-electron chi connectivity index (χ2n) is 5.05. The molecule has 2 N–H and O–H groups in total. The number of aliphatic hydroxyl groups excluding tert-OH is 1. The summed E-state index contributed by atoms with van der Waals surface area (Å²) in [6.45, 7) is 4.97. The number of ether oxygens (including phenoxy) is 1. The van der Waals surface area contributed by atoms with Crippen molar-refractivity contribution in [1.29, 1.82) is 0 Å². The van der Waals surface area contributed by atoms with Crippen LogP contribution in [-0.2, 0) is 9.57 Å². The van der Waals surface area contributed by atoms with Crippen molar-refractivity contribution in [2.45, 2.75) is 32.2 Å². The van der Waals surface area contributed by atoms with Gasteiger partial charge in [0.15, 0.2) is 11.4 Å². The summed E-state index contributed by atoms with van der Waals surface area (Å²) in [4.78, 5) is 5.67. The van der Waals surface area contributed by atoms with E-state index in [2.05, 4.69) is 0 Å². The van der Waals surface area contributed by atoms with Crippen molar-refractivity contribution in [3.8, 4) is 0 Å². The molecule has 92 valence electrons. The predicted molar refractivity (Wildman–Crippen MR) is 56.9 cm³/mol. The molecule has 5 nitrogen and oxygen atoms in total. The molecule has 0 radical (unpaired) electrons. The van der Waals surface area contributed by atoms with Crippen LogP contribution in [0.2, 0.25) is 0 Å². The molecule has 0 rings (SSSR count). The van der Waals surface area contributed by atoms with Crippen LogP contribution in [0.1, 0.15) is 20.8 Å². The van der Waals surface area contributed by atoms with Crippen LogP contribution in [0.3, 0.4) is 0 Å². The van der Waals surface area contributed by atoms with Gasteiger partial charge in [-0.05, 0) is 20.8 Å². The number of nitrogens with zero attached hydrogens (tertiary/aromatic N) is 1. The zero-order valence-corrected chi connectivity index (χ0v) is 10.6. The highest BCUT2D eigenvalue weighted by Gasteiger charge is 2.46. The fourth-order valence-corrected chi connectivity index (χ4v) is 1.19. The molecule has 0 heterocycles. The summed E-state index contributed by atoms with van der Waals surface area (Å²) in [5.74, 6) is -1.44. The molecule has 1 unspecified atom stereocenters. The first-order valence-corrected chi connectivity index (χ1v) is 5.01. The number of rotatable bonds is 6. The first kappa shape index (κ1) is 14.8. The Morgan fingerprint density at radius 3 is 1.93 bits per heavy atom. The summed E-state index contributed by atoms with van der Waals surface area (Å²) in [5, 5.41) is 18.7. The SMILES string of the molecule is CC(C)(O[N+](C)(C)C)C(C)(O)OCCO. The number of hydrogen-bond donors (Lipinski definition) is 2. The van der Waals surface area contributed by atoms with Crippen molar-refractivity contribution in [3.63, 3.8) is 0 Å². The topological polar surface area (TPSA) is 58.9 Å². The molecule has 0 aliphatic carbocycles. The molecule has 0 amide bonds. The predicted octanol–water partition coefficient (Wildman–Crippen LogP) is 0.120. The van der Waals surface area contributed by atoms with E-state index in [1.165, 1.54) is 6.92 Å². The third-order valence-corrected chi connectivity index (χ3v) is 2.09. The lowest BCUT2D eigenvalue weighted by Crippen LogP contribution is -2.57. The van der Waals surface area contributed by atoms with Crippen LogP contribution in [0.15, 0.2) is 0 Å². The molecule has 0 saturated heterocycles. The van der Waals surface area contributed by atoms with Crippen LogP contribution < -0.4 is 0 Å². The Labute approximate surface area is 91.8 Å². The normalized spacial score (nSPS) is 17.6. The molecular weight excluding hydrogens is 198 g/mol. The van der Waals surface area contributed by atoms with E-state index in [0.717, 1.165) is 0 Å². The van der Waals surface area contributed by atoms with Crippen LogP contribution in [0, 0.1) is 0 Å². The number of quaternary nitrogens is 1. The Morgan fingerprint density at radius 1 is 1.13 bits per heavy atom. The Morgan fingerprint density at radius 2 is 1.60 bits per heavy atom. The highest BCUT2D eigenvalue weighted by Crippen LogP contribution is 2.28. The zero-order valence-electron chi connectivity index (χ0n) is 10.6. The van der Waals surface area contributed by atoms with Gasteiger partial charge in [-0.25, -0.2) is 0 Å². The van der Waals surface area contributed by atoms with E-state index in [0.29, 0.717) is 0 Å². The number of hydroxylamine groups is 3. The van der Waals surface area contributed by atoms with Gasteiger partial charge in [0.2, 0.25) is 0 Å². The van der Waals surface area contributed by atoms with Gasteiger partial charge in [0.05, 0.1) is 34.4 Å². The lowest BCUT2D eigenvalue weighted by atomic mass is 9.99. The van der Waals surface area contributed by atoms with Crippen LogP contribution in [0.4, 0.5) is 0 Å². The monoisotopic (exact) mass is 222 g/mol. The summed E-state index contributed by atoms with van der Waals surface area (Å²) in [6, 6.07) is 0. The maximum Gasteiger partial charge on any atom is 0.197 e. The van der Waals surface area contributed by atoms with E-state index in [9.17, 15) is 5.11 Å². The van der Waals surface area contributed by atoms with E-state index >= 15 is 0 Å². The average Bonchev–Trinajstić information content (AvgIpc) is 1.96. The number of hydrogen-bond acceptors (Lipinski definition) is 4. The summed E-state index contributed by atoms with van der Waals surface area (Å²) in [6.07, 6.45) is 0. The minimum Gasteiger partial charge on any atom is -0.394 e. The van der Waals surface area contributed by atoms with Gasteiger partial charge in [-0.3, -0.25) is 0 Å². The zero-order chi connectivity index (χ0) is 12.3. The second kappa shape index (κ2) is 4.76. The standard InChI is InChI=1S/C10H24NO4/c1-9(2,15-11(4,5)6)10(3,13)14-8-7-12/h12-13H,7-8H2,1-6H3/q+1. The van der Waals surface area contributed by atoms with Gasteiger partial charge in [0.1, 0.15) is 0 Å². The van der Waals surface area contributed by atoms with Crippen LogP contribution in [-0.4, -0.2) is 60.6 Å². The van der Waals surface area contributed by atoms with Crippen molar-refractivity contribution in [3.05, 3.63) is 0 Å². The molecule has 0 aliphatic heterocycles. The van der Waals surface area contributed by atoms with Crippen molar-refractivity contribution in [2.24, 2.45) is 0 Å². The van der Waals surface area contributed by atoms with E-state index < -0.39 is 11.4 Å². The smallest absolute Gasteiger partial charge is 0.197 e. The first-order valence-electron chi connectivity index (χ1n) is 5.01. The third kappa shape index (κ3) is 4.90. The second-order valence-corrected chi connectivity index (χ2v) is 5.05. The van der Waals surface area contributed by atoms with E-state index in [-0.39, 0.29) is 17.9 Å². The Hall–Kier alpha value is -0.200. The Kier molecular flexibility index (Phi) is 4.69. The van der Waals surface area contributed by atoms with Gasteiger partial charge < -0.3 is 14.9 Å². The molecular formula is C10H24NO4+. The van der Waals surface area contributed by atoms with E-state index in [1.54, 1.807) is 13.8 Å². The molecule has 1 atom stereocenters. The Bertz CT molecular complexity index is 196. The minimum absolute atomic E-state index is 0.0803. The molecule has 0 aromatic rings. The van der Waals surface area contributed by atoms with E-state index in [1.807, 2.05) is 21.1 Å². The highest BCUT2D eigenvalue weighted by atomic mass is 16.8. The van der Waals surface area contributed by atoms with E-state index in [4.69, 9.17) is 14.7 Å². The van der Waals surface area contributed by atoms with Gasteiger partial charge in [-0.1, -0.05) is 0 Å². The largest absolute Gasteiger partial charge is 0.394 e. The van der Waals surface area contributed by atoms with Gasteiger partial charge in [0.25, 0.3) is 0 Å². The molecule has 0 fully saturated rings. The molecule has 0 bridgehead atoms. The van der Waals surface area contributed by atoms with Crippen molar-refractivity contribution in [2.75, 3.05) is 34.4 Å². The summed E-state index contributed by atoms with van der Waals surface area (Å²) in [7, 11) is 5.55. The lowest BCUT2D eigenvalue weighted by molar-refractivity contribution is -1.07. The van der Waals surface area contributed by atoms with Crippen molar-refractivity contribution < 1.29 is 24.4 Å². The van der Waals surface area contributed by atoms with Crippen molar-refractivity contribution in [1.82, 2.24) is 0 Å². The van der Waals surface area contributed by atoms with Crippen LogP contribution >= 0.6 is 0 Å². The van der Waals surface area contributed by atoms with Gasteiger partial charge in [-0.15, -0.1) is 0 Å². The lowest BCUT2D eigenvalue weighted by Gasteiger charge is -2.41. The Balaban J connectivity index is 4.54. The van der Waals surface area contributed by atoms with Crippen LogP contribution in [0.25, 0.3) is 0 Å². The maximum absolute atomic E-state index is 10.1. The fraction of sp³-hybridized carbons (Fsp3) is 1.00. The fourth-order valence-electron chi connectivity index (χ4n) is 1.19. The van der Waals surface area contributed by atoms with Gasteiger partial charge >= 0.3 is 0 Å². The molecule has 5 heteroatoms. The molecule has 0 aromatic heterocycles. The van der Waals surface area contributed by atoms with Crippen LogP contribution in [0.5, 0.6) is 0 Å². The number of aliphatic hydroxyl groups is 2. The molecule has 0 aromatic carbocycles. The van der Waals surface area contributed by atoms with Crippen molar-refractivity contribution >= 4 is 0 Å². The quantitative estimate of drug-likeness (QED) is 0.381. The summed E-state index contributed by atoms with van der Waals surface area (Å²) in [5.41, 5.74) is -0.875. The highest BCUT2D eigenvalue weighted by molar-refractivity contribution is 4.82. The first-order chi connectivity index (χ1) is 6.52. The minimum atomic E-state index is -1.44. The third-order valence-electron chi connectivity index (χ3n) is 2.09. The molecule has 0 spiro atoms. The molecule has 0 saturated carbocycles. The molecule has 15 heavy (non-hydrogen) atoms. The summed E-state index contributed by atoms with van der Waals surface area (Å²) < 4.78 is 5.42. The van der Waals surface area contributed by atoms with Gasteiger partial charge in [0, 0.05) is 0 Å². The van der Waals surface area contributed by atoms with Gasteiger partial charge in [-0.2, -0.15) is 9.48 Å². The molecule has 0 aliphatic rings.